The maximum absolute atomic E-state index is 12.1. The Hall–Kier alpha value is -3.09. The zero-order valence-electron chi connectivity index (χ0n) is 14.3. The minimum Gasteiger partial charge on any atom is -0.451 e. The van der Waals surface area contributed by atoms with Gasteiger partial charge in [0.25, 0.3) is 5.91 Å². The van der Waals surface area contributed by atoms with Crippen molar-refractivity contribution in [1.29, 1.82) is 0 Å². The van der Waals surface area contributed by atoms with Gasteiger partial charge in [0, 0.05) is 17.0 Å². The Morgan fingerprint density at radius 1 is 1.23 bits per heavy atom. The quantitative estimate of drug-likeness (QED) is 0.690. The molecule has 1 aliphatic carbocycles. The number of carbonyl (C=O) groups is 2. The second-order valence-electron chi connectivity index (χ2n) is 6.49. The average molecular weight is 352 g/mol. The second-order valence-corrected chi connectivity index (χ2v) is 6.49. The molecule has 2 N–H and O–H groups in total. The number of rotatable bonds is 5. The number of fused-ring (bicyclic) bond motifs is 1. The molecule has 1 saturated carbocycles. The summed E-state index contributed by atoms with van der Waals surface area (Å²) in [5.41, 5.74) is 1.18. The van der Waals surface area contributed by atoms with Gasteiger partial charge in [-0.2, -0.15) is 5.10 Å². The summed E-state index contributed by atoms with van der Waals surface area (Å²) in [5.74, 6) is -0.293. The molecule has 1 aliphatic rings. The third-order valence-electron chi connectivity index (χ3n) is 4.69. The lowest BCUT2D eigenvalue weighted by Crippen LogP contribution is -2.23. The van der Waals surface area contributed by atoms with E-state index in [-0.39, 0.29) is 12.5 Å². The van der Waals surface area contributed by atoms with Gasteiger partial charge in [0.2, 0.25) is 0 Å². The minimum absolute atomic E-state index is 0.328. The summed E-state index contributed by atoms with van der Waals surface area (Å²) >= 11 is 0. The highest BCUT2D eigenvalue weighted by Crippen LogP contribution is 2.31. The molecule has 4 rings (SSSR count). The third kappa shape index (κ3) is 3.33. The molecule has 0 saturated heterocycles. The Bertz CT molecular complexity index is 904. The Balaban J connectivity index is 1.35. The van der Waals surface area contributed by atoms with Gasteiger partial charge in [-0.1, -0.05) is 31.0 Å². The molecular formula is C19H20N4O3. The molecule has 7 heteroatoms. The Morgan fingerprint density at radius 3 is 2.85 bits per heavy atom. The van der Waals surface area contributed by atoms with Gasteiger partial charge in [-0.3, -0.25) is 4.79 Å². The molecule has 26 heavy (non-hydrogen) atoms. The summed E-state index contributed by atoms with van der Waals surface area (Å²) in [6, 6.07) is 11.4. The van der Waals surface area contributed by atoms with E-state index in [1.54, 1.807) is 18.3 Å². The van der Waals surface area contributed by atoms with Crippen molar-refractivity contribution in [3.05, 3.63) is 48.3 Å². The summed E-state index contributed by atoms with van der Waals surface area (Å²) in [7, 11) is 0. The summed E-state index contributed by atoms with van der Waals surface area (Å²) in [4.78, 5) is 27.3. The van der Waals surface area contributed by atoms with Crippen LogP contribution in [0.25, 0.3) is 10.9 Å². The number of benzene rings is 1. The molecule has 2 heterocycles. The van der Waals surface area contributed by atoms with Gasteiger partial charge in [0.15, 0.2) is 6.61 Å². The fraction of sp³-hybridized carbons (Fsp3) is 0.316. The van der Waals surface area contributed by atoms with Crippen molar-refractivity contribution >= 4 is 28.6 Å². The fourth-order valence-electron chi connectivity index (χ4n) is 3.42. The predicted molar refractivity (Wildman–Crippen MR) is 96.9 cm³/mol. The topological polar surface area (TPSA) is 89.0 Å². The number of anilines is 1. The van der Waals surface area contributed by atoms with Crippen molar-refractivity contribution in [2.24, 2.45) is 0 Å². The SMILES string of the molecule is O=C(COC(=O)c1cc2ccccc2[nH]1)Nc1ccnn1C1CCCC1. The molecule has 0 unspecified atom stereocenters. The van der Waals surface area contributed by atoms with Crippen LogP contribution in [0, 0.1) is 0 Å². The van der Waals surface area contributed by atoms with E-state index in [0.29, 0.717) is 17.6 Å². The standard InChI is InChI=1S/C19H20N4O3/c24-18(22-17-9-10-20-23(17)14-6-2-3-7-14)12-26-19(25)16-11-13-5-1-4-8-15(13)21-16/h1,4-5,8-11,14,21H,2-3,6-7,12H2,(H,22,24). The molecule has 0 radical (unpaired) electrons. The van der Waals surface area contributed by atoms with E-state index >= 15 is 0 Å². The van der Waals surface area contributed by atoms with Crippen molar-refractivity contribution in [3.8, 4) is 0 Å². The zero-order chi connectivity index (χ0) is 17.9. The van der Waals surface area contributed by atoms with E-state index in [9.17, 15) is 9.59 Å². The molecule has 134 valence electrons. The predicted octanol–water partition coefficient (Wildman–Crippen LogP) is 3.28. The molecule has 3 aromatic rings. The number of para-hydroxylation sites is 1. The van der Waals surface area contributed by atoms with Crippen LogP contribution in [0.4, 0.5) is 5.82 Å². The highest BCUT2D eigenvalue weighted by Gasteiger charge is 2.21. The highest BCUT2D eigenvalue weighted by atomic mass is 16.5. The van der Waals surface area contributed by atoms with Crippen LogP contribution in [0.2, 0.25) is 0 Å². The number of carbonyl (C=O) groups excluding carboxylic acids is 2. The number of hydrogen-bond acceptors (Lipinski definition) is 4. The maximum Gasteiger partial charge on any atom is 0.355 e. The first-order valence-corrected chi connectivity index (χ1v) is 8.79. The molecule has 0 atom stereocenters. The molecule has 1 aromatic carbocycles. The van der Waals surface area contributed by atoms with Crippen LogP contribution in [0.15, 0.2) is 42.6 Å². The lowest BCUT2D eigenvalue weighted by atomic mass is 10.2. The summed E-state index contributed by atoms with van der Waals surface area (Å²) < 4.78 is 6.97. The molecule has 2 aromatic heterocycles. The number of amides is 1. The number of ether oxygens (including phenoxy) is 1. The molecule has 0 spiro atoms. The Kier molecular flexibility index (Phi) is 4.43. The molecule has 0 aliphatic heterocycles. The first-order valence-electron chi connectivity index (χ1n) is 8.79. The lowest BCUT2D eigenvalue weighted by molar-refractivity contribution is -0.119. The number of aromatic amines is 1. The third-order valence-corrected chi connectivity index (χ3v) is 4.69. The number of aromatic nitrogens is 3. The first-order chi connectivity index (χ1) is 12.7. The molecule has 0 bridgehead atoms. The number of esters is 1. The molecule has 7 nitrogen and oxygen atoms in total. The monoisotopic (exact) mass is 352 g/mol. The van der Waals surface area contributed by atoms with Crippen LogP contribution in [-0.2, 0) is 9.53 Å². The van der Waals surface area contributed by atoms with Gasteiger partial charge in [-0.15, -0.1) is 0 Å². The average Bonchev–Trinajstić information content (AvgIpc) is 3.38. The van der Waals surface area contributed by atoms with Crippen LogP contribution >= 0.6 is 0 Å². The number of nitrogens with one attached hydrogen (secondary N) is 2. The summed E-state index contributed by atoms with van der Waals surface area (Å²) in [6.45, 7) is -0.343. The maximum atomic E-state index is 12.1. The summed E-state index contributed by atoms with van der Waals surface area (Å²) in [5, 5.41) is 8.00. The first kappa shape index (κ1) is 16.4. The number of hydrogen-bond donors (Lipinski definition) is 2. The Morgan fingerprint density at radius 2 is 2.04 bits per heavy atom. The fourth-order valence-corrected chi connectivity index (χ4v) is 3.42. The smallest absolute Gasteiger partial charge is 0.355 e. The number of H-pyrrole nitrogens is 1. The van der Waals surface area contributed by atoms with Crippen molar-refractivity contribution in [2.45, 2.75) is 31.7 Å². The van der Waals surface area contributed by atoms with Crippen LogP contribution in [0.5, 0.6) is 0 Å². The molecular weight excluding hydrogens is 332 g/mol. The van der Waals surface area contributed by atoms with E-state index in [4.69, 9.17) is 4.74 Å². The Labute approximate surface area is 150 Å². The van der Waals surface area contributed by atoms with Crippen LogP contribution in [0.3, 0.4) is 0 Å². The van der Waals surface area contributed by atoms with E-state index in [1.165, 1.54) is 12.8 Å². The van der Waals surface area contributed by atoms with E-state index in [1.807, 2.05) is 28.9 Å². The van der Waals surface area contributed by atoms with Crippen LogP contribution < -0.4 is 5.32 Å². The minimum atomic E-state index is -0.555. The van der Waals surface area contributed by atoms with Crippen molar-refractivity contribution in [2.75, 3.05) is 11.9 Å². The van der Waals surface area contributed by atoms with Gasteiger partial charge in [-0.25, -0.2) is 9.48 Å². The van der Waals surface area contributed by atoms with Gasteiger partial charge >= 0.3 is 5.97 Å². The molecule has 1 amide bonds. The van der Waals surface area contributed by atoms with E-state index in [2.05, 4.69) is 15.4 Å². The van der Waals surface area contributed by atoms with E-state index in [0.717, 1.165) is 23.7 Å². The van der Waals surface area contributed by atoms with Gasteiger partial charge < -0.3 is 15.0 Å². The zero-order valence-corrected chi connectivity index (χ0v) is 14.3. The van der Waals surface area contributed by atoms with Crippen LogP contribution in [-0.4, -0.2) is 33.2 Å². The van der Waals surface area contributed by atoms with Crippen molar-refractivity contribution < 1.29 is 14.3 Å². The van der Waals surface area contributed by atoms with E-state index < -0.39 is 5.97 Å². The van der Waals surface area contributed by atoms with Crippen LogP contribution in [0.1, 0.15) is 42.2 Å². The van der Waals surface area contributed by atoms with Gasteiger partial charge in [0.05, 0.1) is 12.2 Å². The lowest BCUT2D eigenvalue weighted by Gasteiger charge is -2.14. The molecule has 1 fully saturated rings. The van der Waals surface area contributed by atoms with Crippen molar-refractivity contribution in [3.63, 3.8) is 0 Å². The normalized spacial score (nSPS) is 14.6. The number of nitrogens with zero attached hydrogens (tertiary/aromatic N) is 2. The van der Waals surface area contributed by atoms with Gasteiger partial charge in [0.1, 0.15) is 11.5 Å². The van der Waals surface area contributed by atoms with Gasteiger partial charge in [-0.05, 0) is 25.0 Å². The summed E-state index contributed by atoms with van der Waals surface area (Å²) in [6.07, 6.45) is 6.17. The highest BCUT2D eigenvalue weighted by molar-refractivity contribution is 5.97. The largest absolute Gasteiger partial charge is 0.451 e. The van der Waals surface area contributed by atoms with Crippen molar-refractivity contribution in [1.82, 2.24) is 14.8 Å². The second kappa shape index (κ2) is 7.03.